The van der Waals surface area contributed by atoms with Gasteiger partial charge < -0.3 is 40.5 Å². The number of aliphatic hydroxyl groups excluding tert-OH is 2. The third-order valence-electron chi connectivity index (χ3n) is 5.96. The highest BCUT2D eigenvalue weighted by Gasteiger charge is 2.54. The first kappa shape index (κ1) is 24.4. The lowest BCUT2D eigenvalue weighted by Gasteiger charge is -2.51. The number of fused-ring (bicyclic) bond motifs is 1. The number of carboxylic acids is 1. The van der Waals surface area contributed by atoms with Gasteiger partial charge in [0, 0.05) is 16.7 Å². The largest absolute Gasteiger partial charge is 0.543 e. The highest BCUT2D eigenvalue weighted by molar-refractivity contribution is 8.00. The number of quaternary nitrogens is 1. The Kier molecular flexibility index (Phi) is 6.56. The quantitative estimate of drug-likeness (QED) is 0.124. The van der Waals surface area contributed by atoms with E-state index in [0.717, 1.165) is 16.2 Å². The van der Waals surface area contributed by atoms with Crippen LogP contribution in [0.4, 0.5) is 5.13 Å². The molecule has 4 rings (SSSR count). The van der Waals surface area contributed by atoms with Crippen LogP contribution in [0.25, 0.3) is 0 Å². The van der Waals surface area contributed by atoms with Crippen LogP contribution < -0.4 is 16.2 Å². The second-order valence-electron chi connectivity index (χ2n) is 8.57. The zero-order valence-electron chi connectivity index (χ0n) is 18.3. The van der Waals surface area contributed by atoms with E-state index in [1.54, 1.807) is 7.05 Å². The van der Waals surface area contributed by atoms with E-state index < -0.39 is 41.4 Å². The van der Waals surface area contributed by atoms with E-state index in [0.29, 0.717) is 5.57 Å². The molecule has 3 aliphatic heterocycles. The summed E-state index contributed by atoms with van der Waals surface area (Å²) in [5.74, 6) is -2.52. The molecular weight excluding hydrogens is 488 g/mol. The Morgan fingerprint density at radius 2 is 2.09 bits per heavy atom. The number of nitrogens with one attached hydrogen (secondary N) is 1. The zero-order chi connectivity index (χ0) is 24.8. The number of hydrogen-bond donors (Lipinski definition) is 4. The number of thiazole rings is 1. The molecular formula is C19H24N6O7S2. The van der Waals surface area contributed by atoms with Gasteiger partial charge in [0.1, 0.15) is 56.1 Å². The van der Waals surface area contributed by atoms with Crippen LogP contribution >= 0.6 is 23.1 Å². The van der Waals surface area contributed by atoms with Crippen molar-refractivity contribution >= 4 is 51.7 Å². The number of likely N-dealkylation sites (N-methyl/N-ethyl adjacent to an activating group) is 1. The summed E-state index contributed by atoms with van der Waals surface area (Å²) in [7, 11) is 3.06. The van der Waals surface area contributed by atoms with Crippen molar-refractivity contribution in [2.45, 2.75) is 23.6 Å². The van der Waals surface area contributed by atoms with E-state index in [-0.39, 0.29) is 52.1 Å². The molecule has 0 aliphatic carbocycles. The van der Waals surface area contributed by atoms with E-state index in [9.17, 15) is 29.7 Å². The summed E-state index contributed by atoms with van der Waals surface area (Å²) >= 11 is 2.42. The van der Waals surface area contributed by atoms with Crippen molar-refractivity contribution < 1.29 is 39.0 Å². The number of anilines is 1. The van der Waals surface area contributed by atoms with E-state index in [4.69, 9.17) is 10.6 Å². The number of oxime groups is 1. The number of carboxylic acid groups (broad SMARTS) is 1. The molecule has 34 heavy (non-hydrogen) atoms. The average molecular weight is 513 g/mol. The van der Waals surface area contributed by atoms with E-state index in [2.05, 4.69) is 15.5 Å². The summed E-state index contributed by atoms with van der Waals surface area (Å²) in [6, 6.07) is -0.980. The lowest BCUT2D eigenvalue weighted by atomic mass is 10.0. The molecule has 5 N–H and O–H groups in total. The fraction of sp³-hybridized carbons (Fsp3) is 0.526. The Bertz CT molecular complexity index is 1080. The maximum atomic E-state index is 12.9. The number of nitrogen functional groups attached to an aromatic ring is 1. The first-order valence-electron chi connectivity index (χ1n) is 10.3. The van der Waals surface area contributed by atoms with Crippen LogP contribution in [0.2, 0.25) is 0 Å². The minimum Gasteiger partial charge on any atom is -0.543 e. The van der Waals surface area contributed by atoms with Gasteiger partial charge in [0.2, 0.25) is 0 Å². The SMILES string of the molecule is CO/N=C(\C(=O)NC1C(=O)N2C(C(=O)[O-])=C(C[N+]3(C)C[C@@H](O)[C@H](O)C3)CS[C@H]12)c1csc(N)n1. The normalized spacial score (nSPS) is 28.4. The summed E-state index contributed by atoms with van der Waals surface area (Å²) in [6.07, 6.45) is -1.80. The van der Waals surface area contributed by atoms with Crippen molar-refractivity contribution in [3.05, 3.63) is 22.3 Å². The molecule has 13 nitrogen and oxygen atoms in total. The van der Waals surface area contributed by atoms with Crippen LogP contribution in [-0.2, 0) is 19.2 Å². The summed E-state index contributed by atoms with van der Waals surface area (Å²) < 4.78 is 0.232. The third kappa shape index (κ3) is 4.36. The number of rotatable bonds is 7. The van der Waals surface area contributed by atoms with Crippen LogP contribution in [0.5, 0.6) is 0 Å². The third-order valence-corrected chi connectivity index (χ3v) is 7.98. The molecule has 2 fully saturated rings. The van der Waals surface area contributed by atoms with Gasteiger partial charge >= 0.3 is 0 Å². The lowest BCUT2D eigenvalue weighted by molar-refractivity contribution is -0.895. The van der Waals surface area contributed by atoms with E-state index >= 15 is 0 Å². The molecule has 0 aromatic carbocycles. The zero-order valence-corrected chi connectivity index (χ0v) is 20.0. The van der Waals surface area contributed by atoms with Crippen LogP contribution in [0.15, 0.2) is 21.8 Å². The van der Waals surface area contributed by atoms with Crippen molar-refractivity contribution in [1.29, 1.82) is 0 Å². The molecule has 1 aromatic rings. The number of aliphatic carboxylic acids is 1. The molecule has 15 heteroatoms. The summed E-state index contributed by atoms with van der Waals surface area (Å²) in [5.41, 5.74) is 5.89. The van der Waals surface area contributed by atoms with Crippen molar-refractivity contribution in [1.82, 2.24) is 15.2 Å². The number of carbonyl (C=O) groups excluding carboxylic acids is 3. The van der Waals surface area contributed by atoms with E-state index in [1.807, 2.05) is 0 Å². The standard InChI is InChI=1S/C19H24N6O7S2/c1-25(4-10(26)11(27)5-25)3-8-6-33-17-13(16(29)24(17)14(8)18(30)31)22-15(28)12(23-32-2)9-7-34-19(20)21-9/h7,10-11,13,17,26-27H,3-6H2,1-2H3,(H3-,20,21,22,28,30,31)/b23-12-/t10-,11-,13?,17-/m1/s1. The Labute approximate surface area is 202 Å². The van der Waals surface area contributed by atoms with Crippen LogP contribution in [0.3, 0.4) is 0 Å². The molecule has 3 aliphatic rings. The molecule has 2 saturated heterocycles. The molecule has 0 saturated carbocycles. The Balaban J connectivity index is 1.52. The fourth-order valence-corrected chi connectivity index (χ4v) is 6.39. The molecule has 0 spiro atoms. The number of thioether (sulfide) groups is 1. The number of aliphatic hydroxyl groups is 2. The number of carbonyl (C=O) groups is 3. The topological polar surface area (TPSA) is 190 Å². The minimum absolute atomic E-state index is 0.164. The maximum Gasteiger partial charge on any atom is 0.276 e. The summed E-state index contributed by atoms with van der Waals surface area (Å²) in [4.78, 5) is 47.6. The number of nitrogens with two attached hydrogens (primary N) is 1. The summed E-state index contributed by atoms with van der Waals surface area (Å²) in [5, 5.41) is 39.2. The monoisotopic (exact) mass is 512 g/mol. The number of nitrogens with zero attached hydrogens (tertiary/aromatic N) is 4. The lowest BCUT2D eigenvalue weighted by Crippen LogP contribution is -2.71. The Morgan fingerprint density at radius 1 is 1.41 bits per heavy atom. The predicted octanol–water partition coefficient (Wildman–Crippen LogP) is -3.34. The Hall–Kier alpha value is -2.72. The van der Waals surface area contributed by atoms with Gasteiger partial charge in [0.05, 0.1) is 18.7 Å². The molecule has 4 heterocycles. The van der Waals surface area contributed by atoms with Crippen LogP contribution in [-0.4, -0.2) is 111 Å². The van der Waals surface area contributed by atoms with Gasteiger partial charge in [-0.15, -0.1) is 23.1 Å². The number of aromatic nitrogens is 1. The average Bonchev–Trinajstić information content (AvgIpc) is 3.30. The molecule has 0 radical (unpaired) electrons. The van der Waals surface area contributed by atoms with Gasteiger partial charge in [0.25, 0.3) is 11.8 Å². The molecule has 4 atom stereocenters. The maximum absolute atomic E-state index is 12.9. The first-order chi connectivity index (χ1) is 16.0. The van der Waals surface area contributed by atoms with Crippen molar-refractivity contribution in [3.63, 3.8) is 0 Å². The highest BCUT2D eigenvalue weighted by atomic mass is 32.2. The second kappa shape index (κ2) is 9.14. The highest BCUT2D eigenvalue weighted by Crippen LogP contribution is 2.41. The first-order valence-corrected chi connectivity index (χ1v) is 12.2. The second-order valence-corrected chi connectivity index (χ2v) is 10.6. The van der Waals surface area contributed by atoms with Crippen LogP contribution in [0, 0.1) is 0 Å². The molecule has 0 bridgehead atoms. The predicted molar refractivity (Wildman–Crippen MR) is 120 cm³/mol. The van der Waals surface area contributed by atoms with Crippen molar-refractivity contribution in [2.75, 3.05) is 45.3 Å². The number of β-lactam (4-membered cyclic amide) rings is 1. The number of likely N-dealkylation sites (tertiary alicyclic amines) is 1. The number of amides is 2. The van der Waals surface area contributed by atoms with Gasteiger partial charge in [-0.05, 0) is 0 Å². The van der Waals surface area contributed by atoms with Crippen molar-refractivity contribution in [2.24, 2.45) is 5.16 Å². The molecule has 1 unspecified atom stereocenters. The van der Waals surface area contributed by atoms with Crippen LogP contribution in [0.1, 0.15) is 5.69 Å². The van der Waals surface area contributed by atoms with Gasteiger partial charge in [-0.2, -0.15) is 0 Å². The molecule has 184 valence electrons. The fourth-order valence-electron chi connectivity index (χ4n) is 4.51. The molecule has 1 aromatic heterocycles. The van der Waals surface area contributed by atoms with Gasteiger partial charge in [-0.25, -0.2) is 4.98 Å². The van der Waals surface area contributed by atoms with Gasteiger partial charge in [-0.1, -0.05) is 5.16 Å². The van der Waals surface area contributed by atoms with Crippen molar-refractivity contribution in [3.8, 4) is 0 Å². The number of hydrogen-bond acceptors (Lipinski definition) is 12. The smallest absolute Gasteiger partial charge is 0.276 e. The van der Waals surface area contributed by atoms with E-state index in [1.165, 1.54) is 24.3 Å². The summed E-state index contributed by atoms with van der Waals surface area (Å²) in [6.45, 7) is 0.747. The van der Waals surface area contributed by atoms with Gasteiger partial charge in [-0.3, -0.25) is 14.5 Å². The molecule has 2 amide bonds. The minimum atomic E-state index is -1.50. The van der Waals surface area contributed by atoms with Gasteiger partial charge in [0.15, 0.2) is 10.8 Å². The Morgan fingerprint density at radius 3 is 2.65 bits per heavy atom.